The Kier molecular flexibility index (Phi) is 6.60. The maximum Gasteiger partial charge on any atom is 0.262 e. The molecule has 6 nitrogen and oxygen atoms in total. The minimum atomic E-state index is -0.229. The standard InChI is InChI=1S/C26H25N3O3/c1-3-18(2)19-11-15-23(16-12-19)31-17-24(30)27-22-13-9-21(10-14-22)26-29-28-25(32-26)20-7-5-4-6-8-20/h4-16,18H,3,17H2,1-2H3,(H,27,30). The van der Waals surface area contributed by atoms with Gasteiger partial charge in [-0.05, 0) is 66.4 Å². The monoisotopic (exact) mass is 427 g/mol. The number of anilines is 1. The van der Waals surface area contributed by atoms with Crippen LogP contribution in [0.25, 0.3) is 22.9 Å². The Bertz CT molecular complexity index is 1150. The molecule has 1 atom stereocenters. The first-order chi connectivity index (χ1) is 15.6. The predicted molar refractivity (Wildman–Crippen MR) is 124 cm³/mol. The van der Waals surface area contributed by atoms with Crippen LogP contribution in [0.15, 0.2) is 83.3 Å². The van der Waals surface area contributed by atoms with E-state index in [-0.39, 0.29) is 12.5 Å². The number of nitrogens with one attached hydrogen (secondary N) is 1. The van der Waals surface area contributed by atoms with Crippen molar-refractivity contribution in [2.75, 3.05) is 11.9 Å². The zero-order valence-corrected chi connectivity index (χ0v) is 18.1. The molecule has 0 bridgehead atoms. The molecule has 0 saturated heterocycles. The van der Waals surface area contributed by atoms with E-state index in [1.165, 1.54) is 5.56 Å². The molecule has 4 aromatic rings. The van der Waals surface area contributed by atoms with Gasteiger partial charge in [-0.3, -0.25) is 4.79 Å². The second-order valence-corrected chi connectivity index (χ2v) is 7.57. The van der Waals surface area contributed by atoms with Crippen molar-refractivity contribution in [2.24, 2.45) is 0 Å². The number of amides is 1. The van der Waals surface area contributed by atoms with E-state index in [0.717, 1.165) is 17.5 Å². The first-order valence-electron chi connectivity index (χ1n) is 10.6. The number of hydrogen-bond acceptors (Lipinski definition) is 5. The van der Waals surface area contributed by atoms with E-state index in [1.54, 1.807) is 12.1 Å². The number of carbonyl (C=O) groups is 1. The molecule has 0 aliphatic rings. The Balaban J connectivity index is 1.32. The average molecular weight is 428 g/mol. The van der Waals surface area contributed by atoms with Gasteiger partial charge in [-0.15, -0.1) is 10.2 Å². The van der Waals surface area contributed by atoms with Gasteiger partial charge in [-0.1, -0.05) is 44.2 Å². The highest BCUT2D eigenvalue weighted by Gasteiger charge is 2.11. The zero-order chi connectivity index (χ0) is 22.3. The van der Waals surface area contributed by atoms with Gasteiger partial charge in [0, 0.05) is 16.8 Å². The van der Waals surface area contributed by atoms with Crippen LogP contribution in [0, 0.1) is 0 Å². The third kappa shape index (κ3) is 5.21. The molecular formula is C26H25N3O3. The van der Waals surface area contributed by atoms with Gasteiger partial charge in [-0.2, -0.15) is 0 Å². The molecule has 32 heavy (non-hydrogen) atoms. The van der Waals surface area contributed by atoms with Crippen molar-refractivity contribution in [1.82, 2.24) is 10.2 Å². The van der Waals surface area contributed by atoms with Gasteiger partial charge in [0.15, 0.2) is 6.61 Å². The van der Waals surface area contributed by atoms with Crippen molar-refractivity contribution in [3.8, 4) is 28.7 Å². The van der Waals surface area contributed by atoms with Gasteiger partial charge in [-0.25, -0.2) is 0 Å². The molecule has 0 radical (unpaired) electrons. The number of aromatic nitrogens is 2. The van der Waals surface area contributed by atoms with Crippen LogP contribution in [0.3, 0.4) is 0 Å². The number of ether oxygens (including phenoxy) is 1. The molecule has 0 saturated carbocycles. The molecular weight excluding hydrogens is 402 g/mol. The quantitative estimate of drug-likeness (QED) is 0.377. The molecule has 1 unspecified atom stereocenters. The third-order valence-corrected chi connectivity index (χ3v) is 5.29. The molecule has 6 heteroatoms. The maximum absolute atomic E-state index is 12.2. The summed E-state index contributed by atoms with van der Waals surface area (Å²) >= 11 is 0. The van der Waals surface area contributed by atoms with Gasteiger partial charge in [0.25, 0.3) is 5.91 Å². The van der Waals surface area contributed by atoms with Gasteiger partial charge in [0.1, 0.15) is 5.75 Å². The van der Waals surface area contributed by atoms with Crippen LogP contribution in [0.5, 0.6) is 5.75 Å². The fraction of sp³-hybridized carbons (Fsp3) is 0.192. The van der Waals surface area contributed by atoms with Crippen molar-refractivity contribution in [3.63, 3.8) is 0 Å². The van der Waals surface area contributed by atoms with Gasteiger partial charge < -0.3 is 14.5 Å². The predicted octanol–water partition coefficient (Wildman–Crippen LogP) is 5.93. The zero-order valence-electron chi connectivity index (χ0n) is 18.1. The summed E-state index contributed by atoms with van der Waals surface area (Å²) < 4.78 is 11.4. The first-order valence-corrected chi connectivity index (χ1v) is 10.6. The van der Waals surface area contributed by atoms with Crippen LogP contribution in [0.1, 0.15) is 31.7 Å². The summed E-state index contributed by atoms with van der Waals surface area (Å²) in [7, 11) is 0. The molecule has 162 valence electrons. The minimum absolute atomic E-state index is 0.0610. The van der Waals surface area contributed by atoms with Crippen LogP contribution in [-0.4, -0.2) is 22.7 Å². The normalized spacial score (nSPS) is 11.7. The second kappa shape index (κ2) is 9.92. The number of nitrogens with zero attached hydrogens (tertiary/aromatic N) is 2. The van der Waals surface area contributed by atoms with Crippen LogP contribution < -0.4 is 10.1 Å². The number of hydrogen-bond donors (Lipinski definition) is 1. The summed E-state index contributed by atoms with van der Waals surface area (Å²) in [6.45, 7) is 4.29. The van der Waals surface area contributed by atoms with E-state index in [0.29, 0.717) is 29.1 Å². The second-order valence-electron chi connectivity index (χ2n) is 7.57. The molecule has 3 aromatic carbocycles. The molecule has 0 fully saturated rings. The molecule has 0 aliphatic carbocycles. The van der Waals surface area contributed by atoms with E-state index < -0.39 is 0 Å². The smallest absolute Gasteiger partial charge is 0.262 e. The van der Waals surface area contributed by atoms with E-state index in [1.807, 2.05) is 66.7 Å². The highest BCUT2D eigenvalue weighted by Crippen LogP contribution is 2.25. The lowest BCUT2D eigenvalue weighted by atomic mass is 9.99. The van der Waals surface area contributed by atoms with Gasteiger partial charge in [0.2, 0.25) is 11.8 Å². The van der Waals surface area contributed by atoms with E-state index in [2.05, 4.69) is 29.4 Å². The summed E-state index contributed by atoms with van der Waals surface area (Å²) in [5, 5.41) is 11.0. The topological polar surface area (TPSA) is 77.2 Å². The summed E-state index contributed by atoms with van der Waals surface area (Å²) in [4.78, 5) is 12.2. The lowest BCUT2D eigenvalue weighted by Gasteiger charge is -2.11. The molecule has 1 aromatic heterocycles. The van der Waals surface area contributed by atoms with Crippen LogP contribution in [-0.2, 0) is 4.79 Å². The Morgan fingerprint density at radius 1 is 0.906 bits per heavy atom. The summed E-state index contributed by atoms with van der Waals surface area (Å²) in [6.07, 6.45) is 1.09. The minimum Gasteiger partial charge on any atom is -0.484 e. The van der Waals surface area contributed by atoms with E-state index in [9.17, 15) is 4.79 Å². The summed E-state index contributed by atoms with van der Waals surface area (Å²) in [5.41, 5.74) is 3.57. The van der Waals surface area contributed by atoms with Crippen molar-refractivity contribution in [1.29, 1.82) is 0 Å². The highest BCUT2D eigenvalue weighted by atomic mass is 16.5. The summed E-state index contributed by atoms with van der Waals surface area (Å²) in [5.74, 6) is 1.84. The molecule has 1 heterocycles. The SMILES string of the molecule is CCC(C)c1ccc(OCC(=O)Nc2ccc(-c3nnc(-c4ccccc4)o3)cc2)cc1. The van der Waals surface area contributed by atoms with Crippen molar-refractivity contribution in [2.45, 2.75) is 26.2 Å². The molecule has 4 rings (SSSR count). The van der Waals surface area contributed by atoms with Gasteiger partial charge >= 0.3 is 0 Å². The summed E-state index contributed by atoms with van der Waals surface area (Å²) in [6, 6.07) is 24.7. The lowest BCUT2D eigenvalue weighted by Crippen LogP contribution is -2.20. The molecule has 1 N–H and O–H groups in total. The van der Waals surface area contributed by atoms with Crippen molar-refractivity contribution >= 4 is 11.6 Å². The Morgan fingerprint density at radius 3 is 2.16 bits per heavy atom. The maximum atomic E-state index is 12.2. The highest BCUT2D eigenvalue weighted by molar-refractivity contribution is 5.92. The van der Waals surface area contributed by atoms with Crippen molar-refractivity contribution in [3.05, 3.63) is 84.4 Å². The number of benzene rings is 3. The van der Waals surface area contributed by atoms with Crippen molar-refractivity contribution < 1.29 is 13.9 Å². The fourth-order valence-corrected chi connectivity index (χ4v) is 3.21. The Labute approximate surface area is 187 Å². The largest absolute Gasteiger partial charge is 0.484 e. The number of rotatable bonds is 8. The van der Waals surface area contributed by atoms with E-state index >= 15 is 0 Å². The lowest BCUT2D eigenvalue weighted by molar-refractivity contribution is -0.118. The average Bonchev–Trinajstić information content (AvgIpc) is 3.34. The molecule has 1 amide bonds. The Hall–Kier alpha value is -3.93. The number of carbonyl (C=O) groups excluding carboxylic acids is 1. The fourth-order valence-electron chi connectivity index (χ4n) is 3.21. The van der Waals surface area contributed by atoms with E-state index in [4.69, 9.17) is 9.15 Å². The molecule has 0 aliphatic heterocycles. The van der Waals surface area contributed by atoms with Crippen LogP contribution in [0.4, 0.5) is 5.69 Å². The first kappa shape index (κ1) is 21.3. The molecule has 0 spiro atoms. The Morgan fingerprint density at radius 2 is 1.53 bits per heavy atom. The third-order valence-electron chi connectivity index (χ3n) is 5.29. The van der Waals surface area contributed by atoms with Gasteiger partial charge in [0.05, 0.1) is 0 Å². The van der Waals surface area contributed by atoms with Crippen LogP contribution >= 0.6 is 0 Å². The van der Waals surface area contributed by atoms with Crippen LogP contribution in [0.2, 0.25) is 0 Å².